The number of nitrogens with zero attached hydrogens (tertiary/aromatic N) is 2. The number of benzene rings is 3. The van der Waals surface area contributed by atoms with Crippen LogP contribution < -0.4 is 10.2 Å². The molecule has 0 fully saturated rings. The van der Waals surface area contributed by atoms with Crippen LogP contribution in [-0.2, 0) is 0 Å². The molecule has 0 bridgehead atoms. The first-order valence-corrected chi connectivity index (χ1v) is 10.2. The van der Waals surface area contributed by atoms with E-state index < -0.39 is 0 Å². The minimum Gasteiger partial charge on any atom is -0.496 e. The van der Waals surface area contributed by atoms with Gasteiger partial charge in [-0.3, -0.25) is 5.43 Å². The lowest BCUT2D eigenvalue weighted by Gasteiger charge is -2.02. The molecule has 0 aliphatic rings. The zero-order valence-electron chi connectivity index (χ0n) is 15.7. The van der Waals surface area contributed by atoms with Crippen LogP contribution in [0.25, 0.3) is 21.7 Å². The molecular weight excluding hydrogens is 402 g/mol. The highest BCUT2D eigenvalue weighted by molar-refractivity contribution is 7.19. The van der Waals surface area contributed by atoms with Crippen molar-refractivity contribution in [2.45, 2.75) is 0 Å². The summed E-state index contributed by atoms with van der Waals surface area (Å²) < 4.78 is 5.35. The third kappa shape index (κ3) is 4.47. The quantitative estimate of drug-likeness (QED) is 0.283. The van der Waals surface area contributed by atoms with E-state index in [0.29, 0.717) is 10.2 Å². The fourth-order valence-electron chi connectivity index (χ4n) is 2.89. The number of methoxy groups -OCH3 is 1. The molecule has 1 aromatic heterocycles. The molecule has 144 valence electrons. The maximum absolute atomic E-state index is 6.05. The van der Waals surface area contributed by atoms with Crippen molar-refractivity contribution in [3.05, 3.63) is 89.4 Å². The van der Waals surface area contributed by atoms with Gasteiger partial charge in [0.1, 0.15) is 5.75 Å². The summed E-state index contributed by atoms with van der Waals surface area (Å²) in [5.74, 6) is 0.768. The van der Waals surface area contributed by atoms with E-state index in [2.05, 4.69) is 22.7 Å². The van der Waals surface area contributed by atoms with E-state index in [0.717, 1.165) is 33.0 Å². The molecule has 4 aromatic rings. The molecule has 6 heteroatoms. The zero-order valence-corrected chi connectivity index (χ0v) is 17.2. The lowest BCUT2D eigenvalue weighted by Crippen LogP contribution is -1.93. The highest BCUT2D eigenvalue weighted by atomic mass is 35.5. The molecule has 1 N–H and O–H groups in total. The van der Waals surface area contributed by atoms with Gasteiger partial charge >= 0.3 is 0 Å². The molecule has 4 rings (SSSR count). The fraction of sp³-hybridized carbons (Fsp3) is 0.0435. The number of para-hydroxylation sites is 1. The summed E-state index contributed by atoms with van der Waals surface area (Å²) >= 11 is 7.61. The maximum atomic E-state index is 6.05. The van der Waals surface area contributed by atoms with Gasteiger partial charge in [-0.15, -0.1) is 0 Å². The Kier molecular flexibility index (Phi) is 5.89. The van der Waals surface area contributed by atoms with Crippen molar-refractivity contribution < 1.29 is 4.74 Å². The van der Waals surface area contributed by atoms with Crippen molar-refractivity contribution in [1.82, 2.24) is 4.98 Å². The minimum absolute atomic E-state index is 0.699. The molecule has 0 atom stereocenters. The van der Waals surface area contributed by atoms with Crippen LogP contribution in [0.2, 0.25) is 5.02 Å². The second-order valence-corrected chi connectivity index (χ2v) is 7.62. The van der Waals surface area contributed by atoms with E-state index in [4.69, 9.17) is 21.3 Å². The number of hydrogen-bond donors (Lipinski definition) is 1. The molecular formula is C23H18ClN3OS. The highest BCUT2D eigenvalue weighted by Crippen LogP contribution is 2.39. The van der Waals surface area contributed by atoms with Gasteiger partial charge in [-0.1, -0.05) is 77.5 Å². The number of nitrogens with one attached hydrogen (secondary N) is 1. The van der Waals surface area contributed by atoms with Gasteiger partial charge < -0.3 is 4.74 Å². The Morgan fingerprint density at radius 2 is 1.66 bits per heavy atom. The van der Waals surface area contributed by atoms with Gasteiger partial charge in [0.2, 0.25) is 5.13 Å². The number of hydrazone groups is 1. The molecule has 0 amide bonds. The average molecular weight is 420 g/mol. The topological polar surface area (TPSA) is 46.5 Å². The first-order chi connectivity index (χ1) is 14.2. The minimum atomic E-state index is 0.699. The summed E-state index contributed by atoms with van der Waals surface area (Å²) in [5.41, 5.74) is 6.95. The number of thiazole rings is 1. The Balaban J connectivity index is 1.66. The maximum Gasteiger partial charge on any atom is 0.204 e. The highest BCUT2D eigenvalue weighted by Gasteiger charge is 2.14. The Bertz CT molecular complexity index is 1120. The van der Waals surface area contributed by atoms with Gasteiger partial charge in [0.15, 0.2) is 0 Å². The molecule has 0 saturated heterocycles. The number of rotatable bonds is 6. The molecule has 3 aromatic carbocycles. The van der Waals surface area contributed by atoms with Crippen LogP contribution in [0.1, 0.15) is 5.56 Å². The molecule has 0 spiro atoms. The Hall–Kier alpha value is -3.15. The molecule has 0 aliphatic carbocycles. The summed E-state index contributed by atoms with van der Waals surface area (Å²) in [7, 11) is 1.64. The van der Waals surface area contributed by atoms with Crippen LogP contribution >= 0.6 is 22.9 Å². The van der Waals surface area contributed by atoms with Crippen LogP contribution in [0.5, 0.6) is 5.75 Å². The first kappa shape index (κ1) is 19.2. The van der Waals surface area contributed by atoms with E-state index in [1.165, 1.54) is 0 Å². The molecule has 4 nitrogen and oxygen atoms in total. The van der Waals surface area contributed by atoms with E-state index in [-0.39, 0.29) is 0 Å². The van der Waals surface area contributed by atoms with Gasteiger partial charge in [-0.05, 0) is 29.8 Å². The third-order valence-corrected chi connectivity index (χ3v) is 5.54. The second-order valence-electron chi connectivity index (χ2n) is 6.18. The van der Waals surface area contributed by atoms with Gasteiger partial charge in [0.05, 0.1) is 23.9 Å². The number of aromatic nitrogens is 1. The lowest BCUT2D eigenvalue weighted by atomic mass is 10.1. The van der Waals surface area contributed by atoms with Crippen LogP contribution in [0.15, 0.2) is 84.0 Å². The van der Waals surface area contributed by atoms with Crippen LogP contribution in [0.4, 0.5) is 5.13 Å². The number of ether oxygens (including phenoxy) is 1. The standard InChI is InChI=1S/C23H18ClN3OS/c1-28-20-10-6-5-9-18(20)15-25-27-23-26-21(16-11-13-19(24)14-12-16)22(29-23)17-7-3-2-4-8-17/h2-15H,1H3,(H,26,27). The van der Waals surface area contributed by atoms with Crippen molar-refractivity contribution in [3.8, 4) is 27.4 Å². The van der Waals surface area contributed by atoms with Crippen LogP contribution in [-0.4, -0.2) is 18.3 Å². The number of halogens is 1. The van der Waals surface area contributed by atoms with E-state index in [9.17, 15) is 0 Å². The molecule has 0 radical (unpaired) electrons. The molecule has 0 aliphatic heterocycles. The summed E-state index contributed by atoms with van der Waals surface area (Å²) in [6.07, 6.45) is 1.73. The Morgan fingerprint density at radius 3 is 2.41 bits per heavy atom. The van der Waals surface area contributed by atoms with E-state index >= 15 is 0 Å². The van der Waals surface area contributed by atoms with Crippen molar-refractivity contribution in [2.24, 2.45) is 5.10 Å². The van der Waals surface area contributed by atoms with Gasteiger partial charge in [0.25, 0.3) is 0 Å². The lowest BCUT2D eigenvalue weighted by molar-refractivity contribution is 0.414. The Labute approximate surface area is 178 Å². The zero-order chi connectivity index (χ0) is 20.1. The summed E-state index contributed by atoms with van der Waals surface area (Å²) in [6.45, 7) is 0. The van der Waals surface area contributed by atoms with Crippen molar-refractivity contribution in [3.63, 3.8) is 0 Å². The first-order valence-electron chi connectivity index (χ1n) is 8.99. The molecule has 0 unspecified atom stereocenters. The molecule has 1 heterocycles. The number of hydrogen-bond acceptors (Lipinski definition) is 5. The van der Waals surface area contributed by atoms with Gasteiger partial charge in [0, 0.05) is 16.1 Å². The summed E-state index contributed by atoms with van der Waals surface area (Å²) in [4.78, 5) is 5.85. The predicted molar refractivity (Wildman–Crippen MR) is 122 cm³/mol. The fourth-order valence-corrected chi connectivity index (χ4v) is 3.96. The molecule has 0 saturated carbocycles. The predicted octanol–water partition coefficient (Wildman–Crippen LogP) is 6.59. The normalized spacial score (nSPS) is 11.0. The second kappa shape index (κ2) is 8.90. The number of anilines is 1. The van der Waals surface area contributed by atoms with Gasteiger partial charge in [-0.25, -0.2) is 4.98 Å². The van der Waals surface area contributed by atoms with Crippen molar-refractivity contribution in [1.29, 1.82) is 0 Å². The smallest absolute Gasteiger partial charge is 0.204 e. The van der Waals surface area contributed by atoms with E-state index in [1.54, 1.807) is 24.7 Å². The van der Waals surface area contributed by atoms with Crippen LogP contribution in [0, 0.1) is 0 Å². The van der Waals surface area contributed by atoms with Crippen molar-refractivity contribution >= 4 is 34.3 Å². The Morgan fingerprint density at radius 1 is 0.931 bits per heavy atom. The van der Waals surface area contributed by atoms with E-state index in [1.807, 2.05) is 66.7 Å². The average Bonchev–Trinajstić information content (AvgIpc) is 3.19. The SMILES string of the molecule is COc1ccccc1C=NNc1nc(-c2ccc(Cl)cc2)c(-c2ccccc2)s1. The molecule has 29 heavy (non-hydrogen) atoms. The summed E-state index contributed by atoms with van der Waals surface area (Å²) in [5, 5.41) is 5.76. The van der Waals surface area contributed by atoms with Gasteiger partial charge in [-0.2, -0.15) is 5.10 Å². The largest absolute Gasteiger partial charge is 0.496 e. The van der Waals surface area contributed by atoms with Crippen molar-refractivity contribution in [2.75, 3.05) is 12.5 Å². The monoisotopic (exact) mass is 419 g/mol. The summed E-state index contributed by atoms with van der Waals surface area (Å²) in [6, 6.07) is 25.6. The van der Waals surface area contributed by atoms with Crippen LogP contribution in [0.3, 0.4) is 0 Å². The third-order valence-electron chi connectivity index (χ3n) is 4.28.